The second kappa shape index (κ2) is 20.0. The van der Waals surface area contributed by atoms with Crippen molar-refractivity contribution in [3.63, 3.8) is 0 Å². The van der Waals surface area contributed by atoms with Gasteiger partial charge in [-0.3, -0.25) is 0 Å². The van der Waals surface area contributed by atoms with Crippen LogP contribution in [0.3, 0.4) is 0 Å². The molecule has 0 spiro atoms. The molecule has 0 amide bonds. The number of phenols is 2. The maximum Gasteiger partial charge on any atom is 0.126 e. The van der Waals surface area contributed by atoms with Gasteiger partial charge in [-0.1, -0.05) is 84.9 Å². The zero-order valence-corrected chi connectivity index (χ0v) is 31.6. The van der Waals surface area contributed by atoms with Crippen LogP contribution in [-0.2, 0) is 38.7 Å². The van der Waals surface area contributed by atoms with E-state index in [0.717, 1.165) is 81.6 Å². The summed E-state index contributed by atoms with van der Waals surface area (Å²) in [5, 5.41) is 25.2. The van der Waals surface area contributed by atoms with Crippen molar-refractivity contribution in [3.8, 4) is 33.8 Å². The smallest absolute Gasteiger partial charge is 0.126 e. The van der Waals surface area contributed by atoms with Crippen LogP contribution >= 0.6 is 0 Å². The number of aromatic hydroxyl groups is 2. The Morgan fingerprint density at radius 1 is 0.479 bits per heavy atom. The Bertz CT molecular complexity index is 1660. The summed E-state index contributed by atoms with van der Waals surface area (Å²) in [6.07, 6.45) is 1.48. The Kier molecular flexibility index (Phi) is 15.8. The predicted molar refractivity (Wildman–Crippen MR) is 199 cm³/mol. The summed E-state index contributed by atoms with van der Waals surface area (Å²) in [7, 11) is 0. The fourth-order valence-electron chi connectivity index (χ4n) is 5.29. The molecule has 0 atom stereocenters. The van der Waals surface area contributed by atoms with E-state index in [1.165, 1.54) is 0 Å². The number of rotatable bonds is 8. The zero-order chi connectivity index (χ0) is 33.4. The fourth-order valence-corrected chi connectivity index (χ4v) is 5.29. The third kappa shape index (κ3) is 11.9. The van der Waals surface area contributed by atoms with Gasteiger partial charge in [0.05, 0.1) is 0 Å². The second-order valence-corrected chi connectivity index (χ2v) is 11.6. The first-order valence-corrected chi connectivity index (χ1v) is 16.0. The van der Waals surface area contributed by atoms with Crippen LogP contribution in [0.1, 0.15) is 33.4 Å². The van der Waals surface area contributed by atoms with E-state index in [0.29, 0.717) is 11.5 Å². The van der Waals surface area contributed by atoms with Crippen LogP contribution in [-0.4, -0.2) is 23.3 Å². The molecule has 0 fully saturated rings. The quantitative estimate of drug-likeness (QED) is 0.0817. The summed E-state index contributed by atoms with van der Waals surface area (Å²) < 4.78 is 0. The van der Waals surface area contributed by atoms with Gasteiger partial charge in [0.2, 0.25) is 0 Å². The Morgan fingerprint density at radius 3 is 1.08 bits per heavy atom. The molecule has 0 aromatic heterocycles. The van der Waals surface area contributed by atoms with E-state index in [9.17, 15) is 10.2 Å². The van der Waals surface area contributed by atoms with Gasteiger partial charge in [-0.15, -0.1) is 24.3 Å². The maximum absolute atomic E-state index is 10.8. The van der Waals surface area contributed by atoms with Gasteiger partial charge in [0.1, 0.15) is 11.5 Å². The van der Waals surface area contributed by atoms with Gasteiger partial charge in [-0.05, 0) is 85.3 Å². The number of hydrogen-bond acceptors (Lipinski definition) is 3. The molecule has 3 nitrogen and oxygen atoms in total. The Hall–Kier alpha value is -4.51. The van der Waals surface area contributed by atoms with Crippen LogP contribution in [0.4, 0.5) is 0 Å². The van der Waals surface area contributed by atoms with E-state index < -0.39 is 0 Å². The van der Waals surface area contributed by atoms with Crippen molar-refractivity contribution < 1.29 is 36.1 Å². The molecule has 0 saturated carbocycles. The van der Waals surface area contributed by atoms with Crippen LogP contribution in [0.15, 0.2) is 146 Å². The van der Waals surface area contributed by atoms with Crippen LogP contribution in [0.5, 0.6) is 11.5 Å². The van der Waals surface area contributed by atoms with E-state index in [-0.39, 0.29) is 25.8 Å². The predicted octanol–water partition coefficient (Wildman–Crippen LogP) is 10.2. The summed E-state index contributed by atoms with van der Waals surface area (Å²) in [5.74, 6) is 0.717. The van der Waals surface area contributed by atoms with Crippen LogP contribution in [0.25, 0.3) is 22.3 Å². The largest absolute Gasteiger partial charge is 0.507 e. The molecule has 0 bridgehead atoms. The average Bonchev–Trinajstić information content (AvgIpc) is 3.09. The number of benzene rings is 6. The van der Waals surface area contributed by atoms with Crippen molar-refractivity contribution in [1.29, 1.82) is 0 Å². The minimum Gasteiger partial charge on any atom is -0.507 e. The van der Waals surface area contributed by atoms with Crippen LogP contribution in [0, 0.1) is 27.7 Å². The number of nitrogens with one attached hydrogen (secondary N) is 1. The molecule has 6 aromatic carbocycles. The van der Waals surface area contributed by atoms with E-state index >= 15 is 0 Å². The molecule has 0 aliphatic heterocycles. The first-order chi connectivity index (χ1) is 22.8. The molecule has 6 rings (SSSR count). The van der Waals surface area contributed by atoms with E-state index in [1.807, 2.05) is 133 Å². The van der Waals surface area contributed by atoms with Gasteiger partial charge >= 0.3 is 0 Å². The molecule has 48 heavy (non-hydrogen) atoms. The summed E-state index contributed by atoms with van der Waals surface area (Å²) in [6, 6.07) is 47.9. The first-order valence-electron chi connectivity index (χ1n) is 16.0. The zero-order valence-electron chi connectivity index (χ0n) is 28.0. The third-order valence-corrected chi connectivity index (χ3v) is 7.66. The van der Waals surface area contributed by atoms with Gasteiger partial charge in [0.25, 0.3) is 0 Å². The molecule has 0 aliphatic carbocycles. The van der Waals surface area contributed by atoms with Crippen molar-refractivity contribution in [1.82, 2.24) is 5.32 Å². The molecule has 0 heterocycles. The van der Waals surface area contributed by atoms with Crippen LogP contribution in [0.2, 0.25) is 0 Å². The first kappa shape index (κ1) is 37.9. The molecule has 6 aromatic rings. The molecule has 0 aliphatic rings. The molecular weight excluding hydrogens is 753 g/mol. The van der Waals surface area contributed by atoms with Crippen molar-refractivity contribution >= 4 is 0 Å². The second-order valence-electron chi connectivity index (χ2n) is 11.6. The summed E-state index contributed by atoms with van der Waals surface area (Å²) in [4.78, 5) is 0. The molecule has 0 unspecified atom stereocenters. The van der Waals surface area contributed by atoms with Crippen molar-refractivity contribution in [2.75, 3.05) is 13.1 Å². The molecular formula is C44H45HfNO2-2. The molecule has 0 saturated heterocycles. The number of aryl methyl sites for hydroxylation is 2. The van der Waals surface area contributed by atoms with Gasteiger partial charge in [0, 0.05) is 37.0 Å². The maximum atomic E-state index is 10.8. The van der Waals surface area contributed by atoms with E-state index in [2.05, 4.69) is 45.1 Å². The van der Waals surface area contributed by atoms with Gasteiger partial charge in [-0.2, -0.15) is 49.2 Å². The Morgan fingerprint density at radius 2 is 0.792 bits per heavy atom. The Balaban J connectivity index is 0.000000343. The van der Waals surface area contributed by atoms with E-state index in [1.54, 1.807) is 0 Å². The number of hydrogen-bond donors (Lipinski definition) is 3. The average molecular weight is 798 g/mol. The molecule has 244 valence electrons. The normalized spacial score (nSPS) is 10.0. The molecule has 4 heteroatoms. The minimum absolute atomic E-state index is 0. The SMILES string of the molecule is Cc1cc(CCNCCc2cc(C)cc(-c3ccccc3)c2O)c(O)c(-c2ccccc2)c1.[CH2-]c1ccccc1.[CH2-]c1ccccc1.[Hf]. The van der Waals surface area contributed by atoms with E-state index in [4.69, 9.17) is 0 Å². The summed E-state index contributed by atoms with van der Waals surface area (Å²) in [6.45, 7) is 13.1. The van der Waals surface area contributed by atoms with Crippen molar-refractivity contribution in [3.05, 3.63) is 193 Å². The van der Waals surface area contributed by atoms with Gasteiger partial charge < -0.3 is 15.5 Å². The van der Waals surface area contributed by atoms with Crippen LogP contribution < -0.4 is 5.32 Å². The topological polar surface area (TPSA) is 52.5 Å². The minimum atomic E-state index is 0. The Labute approximate surface area is 306 Å². The summed E-state index contributed by atoms with van der Waals surface area (Å²) >= 11 is 0. The molecule has 3 N–H and O–H groups in total. The monoisotopic (exact) mass is 799 g/mol. The summed E-state index contributed by atoms with van der Waals surface area (Å²) in [5.41, 5.74) is 10.1. The van der Waals surface area contributed by atoms with Crippen molar-refractivity contribution in [2.24, 2.45) is 0 Å². The van der Waals surface area contributed by atoms with Crippen molar-refractivity contribution in [2.45, 2.75) is 26.7 Å². The third-order valence-electron chi connectivity index (χ3n) is 7.66. The molecule has 0 radical (unpaired) electrons. The number of phenolic OH excluding ortho intramolecular Hbond substituents is 2. The fraction of sp³-hybridized carbons (Fsp3) is 0.136. The van der Waals surface area contributed by atoms with Gasteiger partial charge in [0.15, 0.2) is 0 Å². The standard InChI is InChI=1S/C30H31NO2.2C7H7.Hf/c1-21-17-25(29(32)27(19-21)23-9-5-3-6-10-23)13-15-31-16-14-26-18-22(2)20-28(30(26)33)24-11-7-4-8-12-24;2*1-7-5-3-2-4-6-7;/h3-12,17-20,31-33H,13-16H2,1-2H3;2*2-6H,1H2;/q;2*-1;. The van der Waals surface area contributed by atoms with Gasteiger partial charge in [-0.25, -0.2) is 0 Å².